The van der Waals surface area contributed by atoms with Crippen molar-refractivity contribution in [2.75, 3.05) is 26.4 Å². The average Bonchev–Trinajstić information content (AvgIpc) is 3.00. The molecule has 2 rings (SSSR count). The molecule has 0 aliphatic heterocycles. The normalized spacial score (nSPS) is 24.9. The molecule has 0 unspecified atom stereocenters. The Kier molecular flexibility index (Phi) is 16.7. The van der Waals surface area contributed by atoms with Gasteiger partial charge in [-0.05, 0) is 50.7 Å². The number of nitrogens with one attached hydrogen (secondary N) is 2. The molecule has 0 aromatic carbocycles. The second-order valence-electron chi connectivity index (χ2n) is 11.5. The number of hydrogen-bond donors (Lipinski definition) is 4. The van der Waals surface area contributed by atoms with Gasteiger partial charge in [0, 0.05) is 37.1 Å². The van der Waals surface area contributed by atoms with E-state index in [-0.39, 0.29) is 63.3 Å². The van der Waals surface area contributed by atoms with Crippen LogP contribution in [0, 0.1) is 0 Å². The third kappa shape index (κ3) is 12.5. The van der Waals surface area contributed by atoms with Gasteiger partial charge in [0.25, 0.3) is 0 Å². The van der Waals surface area contributed by atoms with Crippen molar-refractivity contribution in [1.29, 1.82) is 0 Å². The molecule has 0 bridgehead atoms. The lowest BCUT2D eigenvalue weighted by atomic mass is 9.88. The van der Waals surface area contributed by atoms with E-state index in [4.69, 9.17) is 35.2 Å². The van der Waals surface area contributed by atoms with Crippen LogP contribution in [0.1, 0.15) is 80.1 Å². The van der Waals surface area contributed by atoms with Gasteiger partial charge in [-0.25, -0.2) is 9.59 Å². The average molecular weight is 639 g/mol. The first-order chi connectivity index (χ1) is 21.4. The van der Waals surface area contributed by atoms with Crippen molar-refractivity contribution in [1.82, 2.24) is 10.6 Å². The third-order valence-electron chi connectivity index (χ3n) is 7.98. The Morgan fingerprint density at radius 2 is 1.04 bits per heavy atom. The van der Waals surface area contributed by atoms with Crippen molar-refractivity contribution in [2.45, 2.75) is 129 Å². The topological polar surface area (TPSA) is 191 Å². The van der Waals surface area contributed by atoms with Gasteiger partial charge in [0.05, 0.1) is 49.7 Å². The van der Waals surface area contributed by atoms with Crippen LogP contribution in [0.3, 0.4) is 0 Å². The summed E-state index contributed by atoms with van der Waals surface area (Å²) < 4.78 is 28.6. The molecule has 0 aromatic rings. The van der Waals surface area contributed by atoms with Crippen molar-refractivity contribution in [3.05, 3.63) is 23.3 Å². The van der Waals surface area contributed by atoms with E-state index >= 15 is 0 Å². The fourth-order valence-corrected chi connectivity index (χ4v) is 5.47. The van der Waals surface area contributed by atoms with Gasteiger partial charge in [-0.3, -0.25) is 9.59 Å². The molecule has 13 heteroatoms. The summed E-state index contributed by atoms with van der Waals surface area (Å²) in [5, 5.41) is 5.70. The number of hydrogen-bond acceptors (Lipinski definition) is 11. The first-order valence-corrected chi connectivity index (χ1v) is 16.1. The van der Waals surface area contributed by atoms with Gasteiger partial charge in [-0.2, -0.15) is 0 Å². The molecule has 45 heavy (non-hydrogen) atoms. The fraction of sp³-hybridized carbons (Fsp3) is 0.750. The smallest absolute Gasteiger partial charge is 0.333 e. The highest BCUT2D eigenvalue weighted by atomic mass is 16.6. The highest BCUT2D eigenvalue weighted by molar-refractivity contribution is 5.89. The van der Waals surface area contributed by atoms with E-state index in [1.54, 1.807) is 12.2 Å². The Morgan fingerprint density at radius 3 is 1.36 bits per heavy atom. The molecule has 0 fully saturated rings. The van der Waals surface area contributed by atoms with Gasteiger partial charge >= 0.3 is 11.9 Å². The predicted molar refractivity (Wildman–Crippen MR) is 168 cm³/mol. The molecule has 6 N–H and O–H groups in total. The third-order valence-corrected chi connectivity index (χ3v) is 7.98. The van der Waals surface area contributed by atoms with Crippen LogP contribution in [0.25, 0.3) is 0 Å². The Bertz CT molecular complexity index is 962. The monoisotopic (exact) mass is 638 g/mol. The first-order valence-electron chi connectivity index (χ1n) is 16.1. The second-order valence-corrected chi connectivity index (χ2v) is 11.5. The van der Waals surface area contributed by atoms with Crippen LogP contribution < -0.4 is 22.1 Å². The van der Waals surface area contributed by atoms with E-state index in [0.29, 0.717) is 11.1 Å². The van der Waals surface area contributed by atoms with Crippen molar-refractivity contribution in [3.63, 3.8) is 0 Å². The number of carbonyl (C=O) groups is 4. The molecule has 0 saturated carbocycles. The van der Waals surface area contributed by atoms with Crippen LogP contribution in [0.2, 0.25) is 0 Å². The minimum Gasteiger partial charge on any atom is -0.460 e. The van der Waals surface area contributed by atoms with E-state index in [1.807, 2.05) is 27.7 Å². The molecule has 0 aromatic heterocycles. The largest absolute Gasteiger partial charge is 0.460 e. The molecule has 2 aliphatic carbocycles. The zero-order chi connectivity index (χ0) is 33.5. The van der Waals surface area contributed by atoms with Gasteiger partial charge in [0.15, 0.2) is 0 Å². The van der Waals surface area contributed by atoms with Crippen LogP contribution in [-0.4, -0.2) is 98.8 Å². The number of nitrogens with two attached hydrogens (primary N) is 2. The summed E-state index contributed by atoms with van der Waals surface area (Å²) in [5.41, 5.74) is 13.4. The van der Waals surface area contributed by atoms with Crippen molar-refractivity contribution in [2.24, 2.45) is 11.5 Å². The molecule has 0 heterocycles. The lowest BCUT2D eigenvalue weighted by Crippen LogP contribution is -2.57. The highest BCUT2D eigenvalue weighted by Gasteiger charge is 2.37. The maximum atomic E-state index is 12.8. The molecule has 256 valence electrons. The molecular formula is C32H54N4O9. The standard InChI is InChI=1S/C32H54N4O9/c1-7-23(8-2)44-27-17-21(15-25(33)29(27)35-19(5)37)31(39)42-13-11-41-12-14-43-32(40)22-16-26(34)30(36-20(6)38)28(18-22)45-24(9-3)10-4/h17-18,23-30H,7-16,33-34H2,1-6H3,(H,35,37)(H,36,38)/t25-,26-,27+,28+,29+,30+/m0/s1. The molecule has 13 nitrogen and oxygen atoms in total. The van der Waals surface area contributed by atoms with Crippen molar-refractivity contribution < 1.29 is 42.9 Å². The summed E-state index contributed by atoms with van der Waals surface area (Å²) in [5.74, 6) is -1.49. The van der Waals surface area contributed by atoms with Crippen LogP contribution in [0.4, 0.5) is 0 Å². The maximum Gasteiger partial charge on any atom is 0.333 e. The van der Waals surface area contributed by atoms with Crippen LogP contribution >= 0.6 is 0 Å². The number of carbonyl (C=O) groups excluding carboxylic acids is 4. The summed E-state index contributed by atoms with van der Waals surface area (Å²) >= 11 is 0. The molecule has 0 saturated heterocycles. The van der Waals surface area contributed by atoms with E-state index in [2.05, 4.69) is 10.6 Å². The zero-order valence-electron chi connectivity index (χ0n) is 27.7. The Morgan fingerprint density at radius 1 is 0.689 bits per heavy atom. The lowest BCUT2D eigenvalue weighted by molar-refractivity contribution is -0.142. The maximum absolute atomic E-state index is 12.8. The fourth-order valence-electron chi connectivity index (χ4n) is 5.47. The molecule has 2 amide bonds. The first kappa shape index (κ1) is 38.3. The highest BCUT2D eigenvalue weighted by Crippen LogP contribution is 2.25. The van der Waals surface area contributed by atoms with Crippen LogP contribution in [0.15, 0.2) is 23.3 Å². The Hall–Kier alpha value is -2.84. The predicted octanol–water partition coefficient (Wildman–Crippen LogP) is 1.56. The quantitative estimate of drug-likeness (QED) is 0.126. The van der Waals surface area contributed by atoms with Gasteiger partial charge < -0.3 is 45.8 Å². The second kappa shape index (κ2) is 19.6. The summed E-state index contributed by atoms with van der Waals surface area (Å²) in [6.07, 6.45) is 5.80. The van der Waals surface area contributed by atoms with E-state index in [1.165, 1.54) is 13.8 Å². The van der Waals surface area contributed by atoms with Crippen molar-refractivity contribution in [3.8, 4) is 0 Å². The molecule has 6 atom stereocenters. The molecule has 2 aliphatic rings. The molecular weight excluding hydrogens is 584 g/mol. The number of esters is 2. The van der Waals surface area contributed by atoms with Gasteiger partial charge in [0.2, 0.25) is 11.8 Å². The number of rotatable bonds is 18. The van der Waals surface area contributed by atoms with E-state index < -0.39 is 48.3 Å². The minimum atomic E-state index is -0.553. The van der Waals surface area contributed by atoms with Crippen LogP contribution in [0.5, 0.6) is 0 Å². The molecule has 0 spiro atoms. The molecule has 0 radical (unpaired) electrons. The summed E-state index contributed by atoms with van der Waals surface area (Å²) in [6.45, 7) is 11.1. The number of amides is 2. The van der Waals surface area contributed by atoms with Gasteiger partial charge in [-0.1, -0.05) is 27.7 Å². The summed E-state index contributed by atoms with van der Waals surface area (Å²) in [7, 11) is 0. The zero-order valence-corrected chi connectivity index (χ0v) is 27.7. The van der Waals surface area contributed by atoms with Gasteiger partial charge in [0.1, 0.15) is 13.2 Å². The summed E-state index contributed by atoms with van der Waals surface area (Å²) in [4.78, 5) is 49.0. The van der Waals surface area contributed by atoms with Crippen molar-refractivity contribution >= 4 is 23.8 Å². The van der Waals surface area contributed by atoms with E-state index in [0.717, 1.165) is 25.7 Å². The Balaban J connectivity index is 1.84. The minimum absolute atomic E-state index is 0.00780. The lowest BCUT2D eigenvalue weighted by Gasteiger charge is -2.36. The number of ether oxygens (including phenoxy) is 5. The van der Waals surface area contributed by atoms with Crippen LogP contribution in [-0.2, 0) is 42.9 Å². The Labute approximate surface area is 267 Å². The SMILES string of the molecule is CCC(CC)O[C@@H]1C=C(C(=O)OCCOCCOC(=O)C2=C[C@@H](OC(CC)CC)[C@H](NC(C)=O)[C@@H](N)C2)C[C@H](N)[C@H]1NC(C)=O. The van der Waals surface area contributed by atoms with E-state index in [9.17, 15) is 19.2 Å². The summed E-state index contributed by atoms with van der Waals surface area (Å²) in [6, 6.07) is -1.93. The van der Waals surface area contributed by atoms with Gasteiger partial charge in [-0.15, -0.1) is 0 Å².